The van der Waals surface area contributed by atoms with Crippen LogP contribution in [0.4, 0.5) is 10.1 Å². The van der Waals surface area contributed by atoms with Gasteiger partial charge in [-0.25, -0.2) is 12.8 Å². The molecule has 0 aliphatic heterocycles. The largest absolute Gasteiger partial charge is 0.497 e. The van der Waals surface area contributed by atoms with Crippen molar-refractivity contribution in [2.45, 2.75) is 39.8 Å². The Balaban J connectivity index is 2.45. The number of rotatable bonds is 12. The van der Waals surface area contributed by atoms with Gasteiger partial charge in [0, 0.05) is 13.1 Å². The van der Waals surface area contributed by atoms with Crippen LogP contribution >= 0.6 is 0 Å². The van der Waals surface area contributed by atoms with Crippen molar-refractivity contribution in [3.63, 3.8) is 0 Å². The normalized spacial score (nSPS) is 12.2. The molecule has 0 bridgehead atoms. The molecule has 2 aromatic rings. The third-order valence-electron chi connectivity index (χ3n) is 5.36. The van der Waals surface area contributed by atoms with Crippen molar-refractivity contribution < 1.29 is 27.1 Å². The summed E-state index contributed by atoms with van der Waals surface area (Å²) in [6.45, 7) is 5.51. The first-order valence-corrected chi connectivity index (χ1v) is 13.2. The zero-order chi connectivity index (χ0) is 26.2. The Morgan fingerprint density at radius 2 is 1.80 bits per heavy atom. The minimum Gasteiger partial charge on any atom is -0.497 e. The summed E-state index contributed by atoms with van der Waals surface area (Å²) in [6, 6.07) is 11.5. The number of carbonyl (C=O) groups is 2. The summed E-state index contributed by atoms with van der Waals surface area (Å²) in [5, 5.41) is 2.85. The molecule has 8 nitrogen and oxygen atoms in total. The van der Waals surface area contributed by atoms with Crippen LogP contribution in [-0.4, -0.2) is 57.6 Å². The van der Waals surface area contributed by atoms with E-state index in [1.54, 1.807) is 31.2 Å². The first kappa shape index (κ1) is 28.1. The van der Waals surface area contributed by atoms with Crippen molar-refractivity contribution in [1.29, 1.82) is 0 Å². The molecule has 1 N–H and O–H groups in total. The maximum atomic E-state index is 14.5. The van der Waals surface area contributed by atoms with Gasteiger partial charge in [-0.3, -0.25) is 13.9 Å². The Kier molecular flexibility index (Phi) is 10.1. The van der Waals surface area contributed by atoms with Gasteiger partial charge in [-0.05, 0) is 42.2 Å². The highest BCUT2D eigenvalue weighted by atomic mass is 32.2. The maximum Gasteiger partial charge on any atom is 0.244 e. The Bertz CT molecular complexity index is 1120. The van der Waals surface area contributed by atoms with Crippen LogP contribution in [0.5, 0.6) is 5.75 Å². The summed E-state index contributed by atoms with van der Waals surface area (Å²) in [4.78, 5) is 27.9. The molecule has 0 saturated carbocycles. The lowest BCUT2D eigenvalue weighted by atomic mass is 10.1. The van der Waals surface area contributed by atoms with Crippen molar-refractivity contribution in [2.24, 2.45) is 5.92 Å². The Hall–Kier alpha value is -3.14. The zero-order valence-electron chi connectivity index (χ0n) is 20.8. The minimum absolute atomic E-state index is 0.0402. The van der Waals surface area contributed by atoms with Gasteiger partial charge in [-0.15, -0.1) is 0 Å². The minimum atomic E-state index is -4.00. The molecule has 35 heavy (non-hydrogen) atoms. The number of anilines is 1. The molecule has 10 heteroatoms. The van der Waals surface area contributed by atoms with Gasteiger partial charge in [-0.1, -0.05) is 45.0 Å². The molecule has 1 atom stereocenters. The second-order valence-corrected chi connectivity index (χ2v) is 10.6. The molecule has 0 radical (unpaired) electrons. The number of hydrogen-bond donors (Lipinski definition) is 1. The van der Waals surface area contributed by atoms with E-state index < -0.39 is 34.3 Å². The van der Waals surface area contributed by atoms with Crippen LogP contribution < -0.4 is 14.4 Å². The highest BCUT2D eigenvalue weighted by Gasteiger charge is 2.32. The summed E-state index contributed by atoms with van der Waals surface area (Å²) in [6.07, 6.45) is 1.21. The number of sulfonamides is 1. The van der Waals surface area contributed by atoms with Gasteiger partial charge in [0.25, 0.3) is 0 Å². The molecule has 192 valence electrons. The first-order chi connectivity index (χ1) is 16.5. The van der Waals surface area contributed by atoms with Crippen molar-refractivity contribution in [1.82, 2.24) is 10.2 Å². The van der Waals surface area contributed by atoms with E-state index >= 15 is 0 Å². The predicted octanol–water partition coefficient (Wildman–Crippen LogP) is 3.18. The quantitative estimate of drug-likeness (QED) is 0.476. The highest BCUT2D eigenvalue weighted by molar-refractivity contribution is 7.92. The molecule has 0 fully saturated rings. The standard InChI is InChI=1S/C25H34FN3O5S/c1-6-22(25(31)27-15-18(2)3)28(16-19-10-9-11-20(14-19)34-4)24(30)17-29(35(5,32)33)23-13-8-7-12-21(23)26/h7-14,18,22H,6,15-17H2,1-5H3,(H,27,31). The second kappa shape index (κ2) is 12.5. The van der Waals surface area contributed by atoms with E-state index in [9.17, 15) is 22.4 Å². The Morgan fingerprint density at radius 1 is 1.11 bits per heavy atom. The molecule has 0 saturated heterocycles. The number of carbonyl (C=O) groups excluding carboxylic acids is 2. The topological polar surface area (TPSA) is 96.0 Å². The van der Waals surface area contributed by atoms with Crippen molar-refractivity contribution in [3.8, 4) is 5.75 Å². The number of halogens is 1. The van der Waals surface area contributed by atoms with E-state index in [4.69, 9.17) is 4.74 Å². The van der Waals surface area contributed by atoms with Crippen molar-refractivity contribution >= 4 is 27.5 Å². The Morgan fingerprint density at radius 3 is 2.37 bits per heavy atom. The second-order valence-electron chi connectivity index (χ2n) is 8.66. The van der Waals surface area contributed by atoms with E-state index in [1.807, 2.05) is 13.8 Å². The lowest BCUT2D eigenvalue weighted by molar-refractivity contribution is -0.140. The van der Waals surface area contributed by atoms with Gasteiger partial charge in [0.15, 0.2) is 0 Å². The number of nitrogens with one attached hydrogen (secondary N) is 1. The van der Waals surface area contributed by atoms with Gasteiger partial charge in [0.05, 0.1) is 19.1 Å². The van der Waals surface area contributed by atoms with E-state index in [-0.39, 0.29) is 24.1 Å². The molecule has 2 aromatic carbocycles. The number of para-hydroxylation sites is 1. The average molecular weight is 508 g/mol. The van der Waals surface area contributed by atoms with Crippen LogP contribution in [0.3, 0.4) is 0 Å². The summed E-state index contributed by atoms with van der Waals surface area (Å²) >= 11 is 0. The molecular weight excluding hydrogens is 473 g/mol. The summed E-state index contributed by atoms with van der Waals surface area (Å²) < 4.78 is 45.5. The lowest BCUT2D eigenvalue weighted by Gasteiger charge is -2.33. The number of hydrogen-bond acceptors (Lipinski definition) is 5. The fourth-order valence-corrected chi connectivity index (χ4v) is 4.41. The molecule has 0 spiro atoms. The number of benzene rings is 2. The van der Waals surface area contributed by atoms with Crippen LogP contribution in [0.15, 0.2) is 48.5 Å². The molecule has 1 unspecified atom stereocenters. The highest BCUT2D eigenvalue weighted by Crippen LogP contribution is 2.23. The molecular formula is C25H34FN3O5S. The van der Waals surface area contributed by atoms with Gasteiger partial charge < -0.3 is 15.0 Å². The van der Waals surface area contributed by atoms with Gasteiger partial charge in [0.1, 0.15) is 24.2 Å². The number of ether oxygens (including phenoxy) is 1. The fourth-order valence-electron chi connectivity index (χ4n) is 3.56. The smallest absolute Gasteiger partial charge is 0.244 e. The zero-order valence-corrected chi connectivity index (χ0v) is 21.6. The SMILES string of the molecule is CCC(C(=O)NCC(C)C)N(Cc1cccc(OC)c1)C(=O)CN(c1ccccc1F)S(C)(=O)=O. The molecule has 0 aromatic heterocycles. The summed E-state index contributed by atoms with van der Waals surface area (Å²) in [5.41, 5.74) is 0.464. The molecule has 0 heterocycles. The summed E-state index contributed by atoms with van der Waals surface area (Å²) in [7, 11) is -2.48. The fraction of sp³-hybridized carbons (Fsp3) is 0.440. The third-order valence-corrected chi connectivity index (χ3v) is 6.48. The van der Waals surface area contributed by atoms with Crippen LogP contribution in [0.2, 0.25) is 0 Å². The van der Waals surface area contributed by atoms with Crippen LogP contribution in [0, 0.1) is 11.7 Å². The van der Waals surface area contributed by atoms with E-state index in [0.29, 0.717) is 24.3 Å². The molecule has 0 aliphatic carbocycles. The Labute approximate surface area is 207 Å². The van der Waals surface area contributed by atoms with E-state index in [2.05, 4.69) is 5.32 Å². The third kappa shape index (κ3) is 7.95. The van der Waals surface area contributed by atoms with Crippen LogP contribution in [0.1, 0.15) is 32.8 Å². The van der Waals surface area contributed by atoms with Crippen molar-refractivity contribution in [2.75, 3.05) is 30.8 Å². The van der Waals surface area contributed by atoms with E-state index in [1.165, 1.54) is 30.2 Å². The first-order valence-electron chi connectivity index (χ1n) is 11.4. The molecule has 2 amide bonds. The monoisotopic (exact) mass is 507 g/mol. The summed E-state index contributed by atoms with van der Waals surface area (Å²) in [5.74, 6) is -0.953. The van der Waals surface area contributed by atoms with Gasteiger partial charge >= 0.3 is 0 Å². The van der Waals surface area contributed by atoms with Gasteiger partial charge in [0.2, 0.25) is 21.8 Å². The lowest BCUT2D eigenvalue weighted by Crippen LogP contribution is -2.52. The number of nitrogens with zero attached hydrogens (tertiary/aromatic N) is 2. The predicted molar refractivity (Wildman–Crippen MR) is 134 cm³/mol. The molecule has 0 aliphatic rings. The van der Waals surface area contributed by atoms with Gasteiger partial charge in [-0.2, -0.15) is 0 Å². The van der Waals surface area contributed by atoms with Crippen LogP contribution in [0.25, 0.3) is 0 Å². The number of amides is 2. The van der Waals surface area contributed by atoms with Crippen molar-refractivity contribution in [3.05, 3.63) is 59.9 Å². The molecule has 2 rings (SSSR count). The van der Waals surface area contributed by atoms with E-state index in [0.717, 1.165) is 16.6 Å². The van der Waals surface area contributed by atoms with Crippen LogP contribution in [-0.2, 0) is 26.2 Å². The maximum absolute atomic E-state index is 14.5. The average Bonchev–Trinajstić information content (AvgIpc) is 2.80. The number of methoxy groups -OCH3 is 1.